The number of hydrogen-bond acceptors (Lipinski definition) is 14. The number of rotatable bonds is 14. The van der Waals surface area contributed by atoms with Crippen LogP contribution in [0.25, 0.3) is 11.1 Å². The largest absolute Gasteiger partial charge is 0.487 e. The Morgan fingerprint density at radius 1 is 1.10 bits per heavy atom. The average Bonchev–Trinajstić information content (AvgIpc) is 3.77. The molecule has 4 aromatic rings. The number of hydrogen-bond donors (Lipinski definition) is 1. The minimum Gasteiger partial charge on any atom is -0.487 e. The zero-order valence-electron chi connectivity index (χ0n) is 27.7. The van der Waals surface area contributed by atoms with E-state index in [-0.39, 0.29) is 24.5 Å². The first-order chi connectivity index (χ1) is 23.7. The van der Waals surface area contributed by atoms with E-state index in [2.05, 4.69) is 41.8 Å². The molecule has 3 aromatic heterocycles. The maximum atomic E-state index is 11.6. The molecule has 0 radical (unpaired) electrons. The van der Waals surface area contributed by atoms with Crippen molar-refractivity contribution in [3.63, 3.8) is 0 Å². The first kappa shape index (κ1) is 34.2. The molecule has 0 amide bonds. The second-order valence-electron chi connectivity index (χ2n) is 12.5. The van der Waals surface area contributed by atoms with E-state index in [4.69, 9.17) is 19.3 Å². The monoisotopic (exact) mass is 691 g/mol. The van der Waals surface area contributed by atoms with Crippen LogP contribution >= 0.6 is 0 Å². The number of aromatic nitrogens is 8. The molecule has 4 heterocycles. The number of nitrogens with zero attached hydrogens (tertiary/aromatic N) is 10. The van der Waals surface area contributed by atoms with Crippen molar-refractivity contribution >= 4 is 21.5 Å². The molecule has 16 nitrogen and oxygen atoms in total. The smallest absolute Gasteiger partial charge is 0.256 e. The maximum absolute atomic E-state index is 11.6. The van der Waals surface area contributed by atoms with E-state index in [1.165, 1.54) is 12.6 Å². The highest BCUT2D eigenvalue weighted by Crippen LogP contribution is 2.35. The van der Waals surface area contributed by atoms with Gasteiger partial charge in [-0.25, -0.2) is 23.1 Å². The second kappa shape index (κ2) is 15.7. The summed E-state index contributed by atoms with van der Waals surface area (Å²) in [6.07, 6.45) is 12.2. The standard InChI is InChI=1S/C32H41N11O5S/c1-23(20-42-22-36-39-40-42)48-30-16-24(4-5-25(30)17-33)26-18-34-32(35-19-26)37-29-21-43(38-31(29)47-12-3-15-49(2,44)45)28-8-6-27(7-9-28)41-10-13-46-14-11-41/h4-5,16,18-19,21-23,27-28H,3,6-15,20H2,1-2H3,(H,34,35,37)/t23-,27-,28-/m0/s1. The van der Waals surface area contributed by atoms with Crippen LogP contribution in [0.5, 0.6) is 11.6 Å². The van der Waals surface area contributed by atoms with Crippen LogP contribution in [0.2, 0.25) is 0 Å². The molecule has 1 atom stereocenters. The molecule has 1 aromatic carbocycles. The van der Waals surface area contributed by atoms with E-state index < -0.39 is 9.84 Å². The van der Waals surface area contributed by atoms with Crippen molar-refractivity contribution in [2.24, 2.45) is 0 Å². The highest BCUT2D eigenvalue weighted by atomic mass is 32.2. The Hall–Kier alpha value is -4.66. The Labute approximate surface area is 285 Å². The number of tetrazole rings is 1. The molecule has 0 bridgehead atoms. The molecule has 2 aliphatic rings. The Morgan fingerprint density at radius 2 is 1.86 bits per heavy atom. The van der Waals surface area contributed by atoms with Crippen molar-refractivity contribution in [3.05, 3.63) is 48.7 Å². The second-order valence-corrected chi connectivity index (χ2v) is 14.7. The van der Waals surface area contributed by atoms with E-state index in [0.717, 1.165) is 63.1 Å². The van der Waals surface area contributed by atoms with Gasteiger partial charge in [-0.2, -0.15) is 5.26 Å². The quantitative estimate of drug-likeness (QED) is 0.190. The SMILES string of the molecule is C[C@@H](Cn1cnnn1)Oc1cc(-c2cnc(Nc3cn([C@H]4CC[C@H](N5CCOCC5)CC4)nc3OCCCS(C)(=O)=O)nc2)ccc1C#N. The molecule has 17 heteroatoms. The lowest BCUT2D eigenvalue weighted by atomic mass is 9.90. The van der Waals surface area contributed by atoms with Crippen LogP contribution in [-0.2, 0) is 21.1 Å². The first-order valence-electron chi connectivity index (χ1n) is 16.5. The van der Waals surface area contributed by atoms with Crippen molar-refractivity contribution in [3.8, 4) is 28.8 Å². The van der Waals surface area contributed by atoms with Gasteiger partial charge in [0.2, 0.25) is 5.95 Å². The summed E-state index contributed by atoms with van der Waals surface area (Å²) in [5.41, 5.74) is 2.53. The fourth-order valence-electron chi connectivity index (χ4n) is 6.21. The van der Waals surface area contributed by atoms with Crippen LogP contribution in [0, 0.1) is 11.3 Å². The summed E-state index contributed by atoms with van der Waals surface area (Å²) in [7, 11) is -3.10. The van der Waals surface area contributed by atoms with Gasteiger partial charge in [0.05, 0.1) is 49.9 Å². The highest BCUT2D eigenvalue weighted by Gasteiger charge is 2.29. The third-order valence-corrected chi connectivity index (χ3v) is 9.73. The van der Waals surface area contributed by atoms with Crippen LogP contribution in [-0.4, -0.2) is 110 Å². The maximum Gasteiger partial charge on any atom is 0.256 e. The predicted octanol–water partition coefficient (Wildman–Crippen LogP) is 3.04. The third kappa shape index (κ3) is 9.28. The average molecular weight is 692 g/mol. The number of anilines is 2. The Morgan fingerprint density at radius 3 is 2.55 bits per heavy atom. The van der Waals surface area contributed by atoms with Gasteiger partial charge in [-0.15, -0.1) is 10.2 Å². The number of ether oxygens (including phenoxy) is 3. The van der Waals surface area contributed by atoms with Crippen LogP contribution in [0.4, 0.5) is 11.6 Å². The molecule has 1 aliphatic heterocycles. The Kier molecular flexibility index (Phi) is 11.0. The van der Waals surface area contributed by atoms with E-state index in [1.54, 1.807) is 29.2 Å². The fraction of sp³-hybridized carbons (Fsp3) is 0.531. The molecule has 2 fully saturated rings. The van der Waals surface area contributed by atoms with Gasteiger partial charge in [0.15, 0.2) is 0 Å². The summed E-state index contributed by atoms with van der Waals surface area (Å²) in [6, 6.07) is 8.28. The van der Waals surface area contributed by atoms with Gasteiger partial charge < -0.3 is 19.5 Å². The van der Waals surface area contributed by atoms with Crippen LogP contribution in [0.1, 0.15) is 50.6 Å². The lowest BCUT2D eigenvalue weighted by molar-refractivity contribution is 0.00503. The Balaban J connectivity index is 1.14. The van der Waals surface area contributed by atoms with Crippen molar-refractivity contribution in [1.29, 1.82) is 5.26 Å². The summed E-state index contributed by atoms with van der Waals surface area (Å²) in [5.74, 6) is 1.20. The molecular weight excluding hydrogens is 650 g/mol. The summed E-state index contributed by atoms with van der Waals surface area (Å²) in [5, 5.41) is 28.8. The van der Waals surface area contributed by atoms with Crippen LogP contribution < -0.4 is 14.8 Å². The van der Waals surface area contributed by atoms with Gasteiger partial charge in [-0.1, -0.05) is 6.07 Å². The van der Waals surface area contributed by atoms with Gasteiger partial charge >= 0.3 is 0 Å². The van der Waals surface area contributed by atoms with Gasteiger partial charge in [0.1, 0.15) is 39.8 Å². The fourth-order valence-corrected chi connectivity index (χ4v) is 6.85. The molecule has 1 saturated carbocycles. The summed E-state index contributed by atoms with van der Waals surface area (Å²) in [4.78, 5) is 11.6. The number of sulfone groups is 1. The number of morpholine rings is 1. The van der Waals surface area contributed by atoms with Gasteiger partial charge in [-0.05, 0) is 67.2 Å². The number of benzene rings is 1. The molecule has 1 saturated heterocycles. The summed E-state index contributed by atoms with van der Waals surface area (Å²) >= 11 is 0. The van der Waals surface area contributed by atoms with Gasteiger partial charge in [-0.3, -0.25) is 9.58 Å². The lowest BCUT2D eigenvalue weighted by Crippen LogP contribution is -2.45. The molecule has 1 N–H and O–H groups in total. The first-order valence-corrected chi connectivity index (χ1v) is 18.5. The van der Waals surface area contributed by atoms with Crippen LogP contribution in [0.3, 0.4) is 0 Å². The topological polar surface area (TPSA) is 188 Å². The van der Waals surface area contributed by atoms with Crippen molar-refractivity contribution < 1.29 is 22.6 Å². The van der Waals surface area contributed by atoms with E-state index in [9.17, 15) is 13.7 Å². The zero-order valence-corrected chi connectivity index (χ0v) is 28.5. The normalized spacial score (nSPS) is 19.2. The molecule has 260 valence electrons. The Bertz CT molecular complexity index is 1810. The number of nitrogens with one attached hydrogen (secondary N) is 1. The minimum atomic E-state index is -3.10. The third-order valence-electron chi connectivity index (χ3n) is 8.70. The molecular formula is C32H41N11O5S. The zero-order chi connectivity index (χ0) is 34.2. The van der Waals surface area contributed by atoms with E-state index in [0.29, 0.717) is 47.8 Å². The summed E-state index contributed by atoms with van der Waals surface area (Å²) in [6.45, 7) is 6.06. The van der Waals surface area contributed by atoms with Gasteiger partial charge in [0.25, 0.3) is 5.88 Å². The minimum absolute atomic E-state index is 0.0346. The van der Waals surface area contributed by atoms with E-state index in [1.807, 2.05) is 23.9 Å². The molecule has 1 aliphatic carbocycles. The molecule has 0 unspecified atom stereocenters. The lowest BCUT2D eigenvalue weighted by Gasteiger charge is -2.38. The highest BCUT2D eigenvalue weighted by molar-refractivity contribution is 7.90. The van der Waals surface area contributed by atoms with Gasteiger partial charge in [0, 0.05) is 43.3 Å². The predicted molar refractivity (Wildman–Crippen MR) is 179 cm³/mol. The summed E-state index contributed by atoms with van der Waals surface area (Å²) < 4.78 is 44.4. The molecule has 49 heavy (non-hydrogen) atoms. The molecule has 0 spiro atoms. The van der Waals surface area contributed by atoms with Crippen molar-refractivity contribution in [2.75, 3.05) is 50.2 Å². The van der Waals surface area contributed by atoms with Crippen molar-refractivity contribution in [2.45, 2.75) is 63.8 Å². The van der Waals surface area contributed by atoms with Crippen LogP contribution in [0.15, 0.2) is 43.1 Å². The molecule has 6 rings (SSSR count). The van der Waals surface area contributed by atoms with Crippen molar-refractivity contribution in [1.82, 2.24) is 44.9 Å². The number of nitriles is 1. The van der Waals surface area contributed by atoms with E-state index >= 15 is 0 Å².